The fourth-order valence-corrected chi connectivity index (χ4v) is 2.31. The molecule has 5 heteroatoms. The van der Waals surface area contributed by atoms with Crippen molar-refractivity contribution in [2.45, 2.75) is 46.1 Å². The molecular weight excluding hydrogens is 232 g/mol. The van der Waals surface area contributed by atoms with Crippen molar-refractivity contribution in [1.82, 2.24) is 10.2 Å². The minimum absolute atomic E-state index is 0.241. The highest BCUT2D eigenvalue weighted by Crippen LogP contribution is 2.15. The van der Waals surface area contributed by atoms with Gasteiger partial charge in [-0.3, -0.25) is 0 Å². The number of nitrogens with zero attached hydrogens (tertiary/aromatic N) is 1. The molecule has 1 aliphatic rings. The van der Waals surface area contributed by atoms with Crippen LogP contribution in [0.25, 0.3) is 0 Å². The summed E-state index contributed by atoms with van der Waals surface area (Å²) in [5, 5.41) is 11.7. The number of likely N-dealkylation sites (tertiary alicyclic amines) is 1. The van der Waals surface area contributed by atoms with Gasteiger partial charge in [-0.25, -0.2) is 9.59 Å². The van der Waals surface area contributed by atoms with Gasteiger partial charge >= 0.3 is 12.0 Å². The van der Waals surface area contributed by atoms with Gasteiger partial charge in [0.1, 0.15) is 6.04 Å². The molecule has 0 aromatic heterocycles. The standard InChI is InChI=1S/C13H24N2O3/c1-9(2)7-11(12(16)17)14-13(18)15-6-4-5-10(3)8-15/h9-11H,4-8H2,1-3H3,(H,14,18)(H,16,17)/t10?,11-/m1/s1. The van der Waals surface area contributed by atoms with Crippen LogP contribution in [-0.2, 0) is 4.79 Å². The van der Waals surface area contributed by atoms with E-state index in [9.17, 15) is 9.59 Å². The number of carboxylic acids is 1. The molecule has 0 saturated carbocycles. The molecule has 104 valence electrons. The first-order valence-corrected chi connectivity index (χ1v) is 6.68. The normalized spacial score (nSPS) is 21.8. The largest absolute Gasteiger partial charge is 0.480 e. The predicted molar refractivity (Wildman–Crippen MR) is 69.4 cm³/mol. The van der Waals surface area contributed by atoms with Gasteiger partial charge in [0.05, 0.1) is 0 Å². The number of piperidine rings is 1. The predicted octanol–water partition coefficient (Wildman–Crippen LogP) is 1.93. The Morgan fingerprint density at radius 2 is 2.11 bits per heavy atom. The summed E-state index contributed by atoms with van der Waals surface area (Å²) < 4.78 is 0. The molecule has 18 heavy (non-hydrogen) atoms. The van der Waals surface area contributed by atoms with E-state index in [1.807, 2.05) is 13.8 Å². The fourth-order valence-electron chi connectivity index (χ4n) is 2.31. The quantitative estimate of drug-likeness (QED) is 0.807. The summed E-state index contributed by atoms with van der Waals surface area (Å²) in [6, 6.07) is -1.02. The molecule has 0 radical (unpaired) electrons. The highest BCUT2D eigenvalue weighted by molar-refractivity contribution is 5.82. The Kier molecular flexibility index (Phi) is 5.44. The molecule has 0 spiro atoms. The molecule has 0 aromatic carbocycles. The van der Waals surface area contributed by atoms with E-state index in [1.54, 1.807) is 4.90 Å². The van der Waals surface area contributed by atoms with Gasteiger partial charge in [-0.05, 0) is 31.1 Å². The molecule has 5 nitrogen and oxygen atoms in total. The first kappa shape index (κ1) is 14.8. The average Bonchev–Trinajstić information content (AvgIpc) is 2.27. The number of aliphatic carboxylic acids is 1. The Bertz CT molecular complexity index is 305. The molecule has 0 bridgehead atoms. The van der Waals surface area contributed by atoms with Gasteiger partial charge < -0.3 is 15.3 Å². The van der Waals surface area contributed by atoms with E-state index in [0.29, 0.717) is 12.3 Å². The van der Waals surface area contributed by atoms with Crippen LogP contribution < -0.4 is 5.32 Å². The fraction of sp³-hybridized carbons (Fsp3) is 0.846. The van der Waals surface area contributed by atoms with E-state index in [-0.39, 0.29) is 11.9 Å². The molecule has 1 unspecified atom stereocenters. The summed E-state index contributed by atoms with van der Waals surface area (Å²) in [5.74, 6) is -0.216. The number of nitrogens with one attached hydrogen (secondary N) is 1. The lowest BCUT2D eigenvalue weighted by Gasteiger charge is -2.32. The third-order valence-corrected chi connectivity index (χ3v) is 3.25. The van der Waals surface area contributed by atoms with Crippen LogP contribution in [0.1, 0.15) is 40.0 Å². The van der Waals surface area contributed by atoms with E-state index in [4.69, 9.17) is 5.11 Å². The highest BCUT2D eigenvalue weighted by atomic mass is 16.4. The van der Waals surface area contributed by atoms with Gasteiger partial charge in [0.25, 0.3) is 0 Å². The lowest BCUT2D eigenvalue weighted by atomic mass is 10.0. The first-order valence-electron chi connectivity index (χ1n) is 6.68. The second kappa shape index (κ2) is 6.61. The summed E-state index contributed by atoms with van der Waals surface area (Å²) in [6.45, 7) is 7.46. The number of carbonyl (C=O) groups excluding carboxylic acids is 1. The van der Waals surface area contributed by atoms with Crippen LogP contribution in [0.3, 0.4) is 0 Å². The minimum Gasteiger partial charge on any atom is -0.480 e. The van der Waals surface area contributed by atoms with Crippen LogP contribution in [0.4, 0.5) is 4.79 Å². The summed E-state index contributed by atoms with van der Waals surface area (Å²) in [6.07, 6.45) is 2.60. The number of carboxylic acid groups (broad SMARTS) is 1. The van der Waals surface area contributed by atoms with Gasteiger partial charge in [-0.2, -0.15) is 0 Å². The van der Waals surface area contributed by atoms with Crippen LogP contribution >= 0.6 is 0 Å². The average molecular weight is 256 g/mol. The molecule has 0 aliphatic carbocycles. The maximum Gasteiger partial charge on any atom is 0.326 e. The molecule has 2 N–H and O–H groups in total. The van der Waals surface area contributed by atoms with Gasteiger partial charge in [-0.15, -0.1) is 0 Å². The monoisotopic (exact) mass is 256 g/mol. The second-order valence-electron chi connectivity index (χ2n) is 5.66. The summed E-state index contributed by atoms with van der Waals surface area (Å²) in [5.41, 5.74) is 0. The molecule has 1 saturated heterocycles. The third kappa shape index (κ3) is 4.55. The number of urea groups is 1. The van der Waals surface area contributed by atoms with Gasteiger partial charge in [-0.1, -0.05) is 20.8 Å². The summed E-state index contributed by atoms with van der Waals surface area (Å²) in [7, 11) is 0. The van der Waals surface area contributed by atoms with Gasteiger partial charge in [0.15, 0.2) is 0 Å². The minimum atomic E-state index is -0.956. The lowest BCUT2D eigenvalue weighted by Crippen LogP contribution is -2.50. The maximum absolute atomic E-state index is 12.0. The molecule has 1 heterocycles. The topological polar surface area (TPSA) is 69.6 Å². The van der Waals surface area contributed by atoms with Crippen molar-refractivity contribution in [3.8, 4) is 0 Å². The maximum atomic E-state index is 12.0. The number of carbonyl (C=O) groups is 2. The van der Waals surface area contributed by atoms with Crippen LogP contribution in [0.5, 0.6) is 0 Å². The van der Waals surface area contributed by atoms with Crippen molar-refractivity contribution in [1.29, 1.82) is 0 Å². The SMILES string of the molecule is CC(C)C[C@@H](NC(=O)N1CCCC(C)C1)C(=O)O. The number of hydrogen-bond acceptors (Lipinski definition) is 2. The highest BCUT2D eigenvalue weighted by Gasteiger charge is 2.26. The zero-order valence-corrected chi connectivity index (χ0v) is 11.5. The van der Waals surface area contributed by atoms with Crippen LogP contribution in [-0.4, -0.2) is 41.1 Å². The Morgan fingerprint density at radius 1 is 1.44 bits per heavy atom. The zero-order chi connectivity index (χ0) is 13.7. The van der Waals surface area contributed by atoms with Crippen molar-refractivity contribution in [3.63, 3.8) is 0 Å². The van der Waals surface area contributed by atoms with Crippen molar-refractivity contribution >= 4 is 12.0 Å². The molecular formula is C13H24N2O3. The van der Waals surface area contributed by atoms with E-state index in [0.717, 1.165) is 25.9 Å². The van der Waals surface area contributed by atoms with E-state index in [2.05, 4.69) is 12.2 Å². The number of hydrogen-bond donors (Lipinski definition) is 2. The molecule has 1 rings (SSSR count). The Balaban J connectivity index is 2.52. The summed E-state index contributed by atoms with van der Waals surface area (Å²) >= 11 is 0. The Morgan fingerprint density at radius 3 is 2.61 bits per heavy atom. The van der Waals surface area contributed by atoms with E-state index >= 15 is 0 Å². The van der Waals surface area contributed by atoms with Gasteiger partial charge in [0, 0.05) is 13.1 Å². The Labute approximate surface area is 109 Å². The first-order chi connectivity index (χ1) is 8.40. The lowest BCUT2D eigenvalue weighted by molar-refractivity contribution is -0.139. The summed E-state index contributed by atoms with van der Waals surface area (Å²) in [4.78, 5) is 24.8. The molecule has 2 atom stereocenters. The van der Waals surface area contributed by atoms with Crippen molar-refractivity contribution in [3.05, 3.63) is 0 Å². The van der Waals surface area contributed by atoms with Crippen molar-refractivity contribution in [2.24, 2.45) is 11.8 Å². The molecule has 2 amide bonds. The van der Waals surface area contributed by atoms with Crippen molar-refractivity contribution < 1.29 is 14.7 Å². The molecule has 0 aromatic rings. The number of rotatable bonds is 4. The van der Waals surface area contributed by atoms with E-state index in [1.165, 1.54) is 0 Å². The van der Waals surface area contributed by atoms with Crippen LogP contribution in [0.2, 0.25) is 0 Å². The Hall–Kier alpha value is -1.26. The van der Waals surface area contributed by atoms with E-state index < -0.39 is 12.0 Å². The molecule has 1 aliphatic heterocycles. The van der Waals surface area contributed by atoms with Gasteiger partial charge in [0.2, 0.25) is 0 Å². The smallest absolute Gasteiger partial charge is 0.326 e. The van der Waals surface area contributed by atoms with Crippen molar-refractivity contribution in [2.75, 3.05) is 13.1 Å². The van der Waals surface area contributed by atoms with Crippen LogP contribution in [0.15, 0.2) is 0 Å². The third-order valence-electron chi connectivity index (χ3n) is 3.25. The molecule has 1 fully saturated rings. The van der Waals surface area contributed by atoms with Crippen LogP contribution in [0, 0.1) is 11.8 Å². The number of amides is 2. The zero-order valence-electron chi connectivity index (χ0n) is 11.5. The second-order valence-corrected chi connectivity index (χ2v) is 5.66.